The van der Waals surface area contributed by atoms with Crippen molar-refractivity contribution in [3.05, 3.63) is 84.7 Å². The van der Waals surface area contributed by atoms with E-state index in [0.29, 0.717) is 42.4 Å². The van der Waals surface area contributed by atoms with Crippen LogP contribution in [-0.2, 0) is 9.59 Å². The Balaban J connectivity index is 1.62. The molecule has 3 aliphatic rings. The molecule has 42 heavy (non-hydrogen) atoms. The van der Waals surface area contributed by atoms with Gasteiger partial charge in [-0.25, -0.2) is 0 Å². The maximum absolute atomic E-state index is 13.6. The standard InChI is InChI=1S/C31H33N3O8/c1-6-41-26-11-17(7-9-25(26)42-24-10-8-18(33(37)38)12-21(24)34(39)40)27-28-19(13-30(2,3)15-22(28)35)32-20-14-31(4,5)16-23(36)29(20)27/h7-12,27,32H,6,13-16H2,1-5H3. The quantitative estimate of drug-likeness (QED) is 0.282. The van der Waals surface area contributed by atoms with Crippen LogP contribution in [0.15, 0.2) is 58.9 Å². The topological polar surface area (TPSA) is 151 Å². The van der Waals surface area contributed by atoms with E-state index in [9.17, 15) is 29.8 Å². The highest BCUT2D eigenvalue weighted by molar-refractivity contribution is 6.06. The van der Waals surface area contributed by atoms with Gasteiger partial charge in [0.05, 0.1) is 22.5 Å². The largest absolute Gasteiger partial charge is 0.490 e. The van der Waals surface area contributed by atoms with E-state index < -0.39 is 27.1 Å². The predicted octanol–water partition coefficient (Wildman–Crippen LogP) is 6.67. The number of ketones is 2. The van der Waals surface area contributed by atoms with Crippen LogP contribution in [0.5, 0.6) is 17.2 Å². The lowest BCUT2D eigenvalue weighted by molar-refractivity contribution is -0.394. The number of nitro benzene ring substituents is 2. The number of nitrogens with zero attached hydrogens (tertiary/aromatic N) is 2. The van der Waals surface area contributed by atoms with Crippen molar-refractivity contribution < 1.29 is 28.9 Å². The molecule has 11 nitrogen and oxygen atoms in total. The number of hydrogen-bond donors (Lipinski definition) is 1. The van der Waals surface area contributed by atoms with Gasteiger partial charge in [-0.2, -0.15) is 0 Å². The third kappa shape index (κ3) is 5.38. The molecular weight excluding hydrogens is 542 g/mol. The summed E-state index contributed by atoms with van der Waals surface area (Å²) in [4.78, 5) is 48.6. The second kappa shape index (κ2) is 10.4. The summed E-state index contributed by atoms with van der Waals surface area (Å²) in [6, 6.07) is 8.17. The van der Waals surface area contributed by atoms with Gasteiger partial charge in [0.1, 0.15) is 0 Å². The van der Waals surface area contributed by atoms with Crippen molar-refractivity contribution in [2.75, 3.05) is 6.61 Å². The summed E-state index contributed by atoms with van der Waals surface area (Å²) in [5, 5.41) is 26.3. The van der Waals surface area contributed by atoms with Crippen molar-refractivity contribution in [1.29, 1.82) is 0 Å². The summed E-state index contributed by atoms with van der Waals surface area (Å²) in [6.07, 6.45) is 2.05. The SMILES string of the molecule is CCOc1cc(C2C3=C(CC(C)(C)CC3=O)NC3=C2C(=O)CC(C)(C)C3)ccc1Oc1ccc([N+](=O)[O-])cc1[N+](=O)[O-]. The van der Waals surface area contributed by atoms with Crippen LogP contribution in [0.2, 0.25) is 0 Å². The highest BCUT2D eigenvalue weighted by atomic mass is 16.6. The minimum Gasteiger partial charge on any atom is -0.490 e. The van der Waals surface area contributed by atoms with Gasteiger partial charge in [0.15, 0.2) is 23.1 Å². The summed E-state index contributed by atoms with van der Waals surface area (Å²) in [5.74, 6) is -0.388. The summed E-state index contributed by atoms with van der Waals surface area (Å²) in [7, 11) is 0. The van der Waals surface area contributed by atoms with Crippen LogP contribution >= 0.6 is 0 Å². The van der Waals surface area contributed by atoms with Gasteiger partial charge in [-0.15, -0.1) is 0 Å². The monoisotopic (exact) mass is 575 g/mol. The molecule has 1 N–H and O–H groups in total. The first kappa shape index (κ1) is 29.0. The van der Waals surface area contributed by atoms with Crippen molar-refractivity contribution in [2.45, 2.75) is 66.2 Å². The molecule has 1 aliphatic heterocycles. The molecule has 0 radical (unpaired) electrons. The minimum absolute atomic E-state index is 0.0114. The van der Waals surface area contributed by atoms with Crippen LogP contribution in [0.25, 0.3) is 0 Å². The molecule has 0 aromatic heterocycles. The van der Waals surface area contributed by atoms with Crippen molar-refractivity contribution in [2.24, 2.45) is 10.8 Å². The Hall–Kier alpha value is -4.54. The van der Waals surface area contributed by atoms with Crippen LogP contribution in [0.3, 0.4) is 0 Å². The highest BCUT2D eigenvalue weighted by Crippen LogP contribution is 2.52. The molecular formula is C31H33N3O8. The Kier molecular flexibility index (Phi) is 7.16. The zero-order valence-electron chi connectivity index (χ0n) is 24.2. The van der Waals surface area contributed by atoms with Crippen molar-refractivity contribution in [1.82, 2.24) is 5.32 Å². The molecule has 0 saturated heterocycles. The van der Waals surface area contributed by atoms with Gasteiger partial charge < -0.3 is 14.8 Å². The number of carbonyl (C=O) groups excluding carboxylic acids is 2. The zero-order valence-corrected chi connectivity index (χ0v) is 24.2. The Morgan fingerprint density at radius 1 is 0.810 bits per heavy atom. The van der Waals surface area contributed by atoms with E-state index in [2.05, 4.69) is 33.0 Å². The Labute approximate surface area is 242 Å². The number of non-ortho nitro benzene ring substituents is 1. The minimum atomic E-state index is -0.750. The normalized spacial score (nSPS) is 19.5. The average Bonchev–Trinajstić information content (AvgIpc) is 2.87. The van der Waals surface area contributed by atoms with Crippen LogP contribution in [0.1, 0.15) is 71.8 Å². The Morgan fingerprint density at radius 2 is 1.38 bits per heavy atom. The third-order valence-electron chi connectivity index (χ3n) is 7.89. The van der Waals surface area contributed by atoms with E-state index in [-0.39, 0.29) is 46.3 Å². The molecule has 220 valence electrons. The average molecular weight is 576 g/mol. The first-order chi connectivity index (χ1) is 19.7. The molecule has 2 aliphatic carbocycles. The number of allylic oxidation sites excluding steroid dienone is 4. The summed E-state index contributed by atoms with van der Waals surface area (Å²) < 4.78 is 11.8. The smallest absolute Gasteiger partial charge is 0.318 e. The summed E-state index contributed by atoms with van der Waals surface area (Å²) in [5.41, 5.74) is 2.06. The van der Waals surface area contributed by atoms with E-state index in [0.717, 1.165) is 23.5 Å². The van der Waals surface area contributed by atoms with Gasteiger partial charge in [0.2, 0.25) is 5.75 Å². The van der Waals surface area contributed by atoms with Gasteiger partial charge in [-0.05, 0) is 54.4 Å². The number of dihydropyridines is 1. The fourth-order valence-electron chi connectivity index (χ4n) is 6.25. The first-order valence-corrected chi connectivity index (χ1v) is 13.9. The number of rotatable bonds is 7. The number of benzene rings is 2. The molecule has 2 aromatic carbocycles. The Bertz CT molecular complexity index is 1550. The summed E-state index contributed by atoms with van der Waals surface area (Å²) in [6.45, 7) is 10.3. The lowest BCUT2D eigenvalue weighted by Gasteiger charge is -2.44. The fraction of sp³-hybridized carbons (Fsp3) is 0.419. The second-order valence-corrected chi connectivity index (χ2v) is 12.6. The third-order valence-corrected chi connectivity index (χ3v) is 7.89. The molecule has 0 fully saturated rings. The second-order valence-electron chi connectivity index (χ2n) is 12.6. The molecule has 0 spiro atoms. The van der Waals surface area contributed by atoms with Gasteiger partial charge in [0.25, 0.3) is 5.69 Å². The molecule has 0 unspecified atom stereocenters. The van der Waals surface area contributed by atoms with Gasteiger partial charge in [-0.1, -0.05) is 33.8 Å². The highest BCUT2D eigenvalue weighted by Gasteiger charge is 2.46. The molecule has 2 aromatic rings. The lowest BCUT2D eigenvalue weighted by atomic mass is 9.64. The van der Waals surface area contributed by atoms with E-state index in [1.54, 1.807) is 25.1 Å². The molecule has 11 heteroatoms. The van der Waals surface area contributed by atoms with Crippen molar-refractivity contribution in [3.63, 3.8) is 0 Å². The number of nitro groups is 2. The molecule has 0 bridgehead atoms. The molecule has 5 rings (SSSR count). The van der Waals surface area contributed by atoms with Crippen LogP contribution < -0.4 is 14.8 Å². The van der Waals surface area contributed by atoms with E-state index in [1.807, 2.05) is 0 Å². The van der Waals surface area contributed by atoms with Gasteiger partial charge in [0, 0.05) is 47.4 Å². The van der Waals surface area contributed by atoms with E-state index >= 15 is 0 Å². The van der Waals surface area contributed by atoms with Gasteiger partial charge >= 0.3 is 5.69 Å². The van der Waals surface area contributed by atoms with Crippen LogP contribution in [0, 0.1) is 31.1 Å². The molecule has 0 atom stereocenters. The van der Waals surface area contributed by atoms with Gasteiger partial charge in [-0.3, -0.25) is 29.8 Å². The molecule has 1 heterocycles. The predicted molar refractivity (Wildman–Crippen MR) is 153 cm³/mol. The molecule has 0 amide bonds. The maximum Gasteiger partial charge on any atom is 0.318 e. The fourth-order valence-corrected chi connectivity index (χ4v) is 6.25. The number of hydrogen-bond acceptors (Lipinski definition) is 9. The van der Waals surface area contributed by atoms with Crippen molar-refractivity contribution in [3.8, 4) is 17.2 Å². The van der Waals surface area contributed by atoms with Crippen LogP contribution in [-0.4, -0.2) is 28.0 Å². The lowest BCUT2D eigenvalue weighted by Crippen LogP contribution is -2.42. The number of ether oxygens (including phenoxy) is 2. The number of carbonyl (C=O) groups is 2. The maximum atomic E-state index is 13.6. The first-order valence-electron chi connectivity index (χ1n) is 13.9. The van der Waals surface area contributed by atoms with Crippen molar-refractivity contribution >= 4 is 22.9 Å². The van der Waals surface area contributed by atoms with E-state index in [1.165, 1.54) is 6.07 Å². The van der Waals surface area contributed by atoms with Crippen LogP contribution in [0.4, 0.5) is 11.4 Å². The number of Topliss-reactive ketones (excluding diaryl/α,β-unsaturated/α-hetero) is 2. The Morgan fingerprint density at radius 3 is 1.90 bits per heavy atom. The van der Waals surface area contributed by atoms with E-state index in [4.69, 9.17) is 9.47 Å². The zero-order chi connectivity index (χ0) is 30.6. The number of nitrogens with one attached hydrogen (secondary N) is 1. The molecule has 0 saturated carbocycles. The summed E-state index contributed by atoms with van der Waals surface area (Å²) >= 11 is 0.